The van der Waals surface area contributed by atoms with Crippen LogP contribution in [-0.4, -0.2) is 38.6 Å². The van der Waals surface area contributed by atoms with Gasteiger partial charge in [0.05, 0.1) is 37.7 Å². The first-order chi connectivity index (χ1) is 8.12. The second kappa shape index (κ2) is 6.27. The minimum absolute atomic E-state index is 0.167. The van der Waals surface area contributed by atoms with Gasteiger partial charge in [0.15, 0.2) is 0 Å². The van der Waals surface area contributed by atoms with E-state index in [2.05, 4.69) is 5.32 Å². The molecule has 0 saturated carbocycles. The van der Waals surface area contributed by atoms with Crippen LogP contribution in [0, 0.1) is 5.82 Å². The van der Waals surface area contributed by atoms with Crippen molar-refractivity contribution in [3.8, 4) is 5.75 Å². The number of hydrogen-bond acceptors (Lipinski definition) is 5. The standard InChI is InChI=1S/C11H17FN2O3/c1-16-6-7(5-15)14-10-4-11(17-2)9(13)3-8(10)12/h3-4,7,14-15H,5-6,13H2,1-2H3. The lowest BCUT2D eigenvalue weighted by Crippen LogP contribution is -2.29. The van der Waals surface area contributed by atoms with E-state index in [0.717, 1.165) is 0 Å². The van der Waals surface area contributed by atoms with Crippen LogP contribution in [0.4, 0.5) is 15.8 Å². The molecule has 1 atom stereocenters. The molecule has 5 nitrogen and oxygen atoms in total. The SMILES string of the molecule is COCC(CO)Nc1cc(OC)c(N)cc1F. The molecule has 0 aromatic heterocycles. The molecule has 0 fully saturated rings. The summed E-state index contributed by atoms with van der Waals surface area (Å²) in [7, 11) is 2.95. The summed E-state index contributed by atoms with van der Waals surface area (Å²) in [5.41, 5.74) is 6.00. The fourth-order valence-electron chi connectivity index (χ4n) is 1.42. The van der Waals surface area contributed by atoms with Crippen molar-refractivity contribution in [3.63, 3.8) is 0 Å². The van der Waals surface area contributed by atoms with Crippen molar-refractivity contribution in [1.82, 2.24) is 0 Å². The van der Waals surface area contributed by atoms with Crippen LogP contribution in [0.1, 0.15) is 0 Å². The smallest absolute Gasteiger partial charge is 0.148 e. The minimum Gasteiger partial charge on any atom is -0.495 e. The van der Waals surface area contributed by atoms with Crippen LogP contribution in [-0.2, 0) is 4.74 Å². The molecule has 96 valence electrons. The molecule has 1 rings (SSSR count). The maximum Gasteiger partial charge on any atom is 0.148 e. The number of hydrogen-bond donors (Lipinski definition) is 3. The number of methoxy groups -OCH3 is 2. The fraction of sp³-hybridized carbons (Fsp3) is 0.455. The number of halogens is 1. The predicted octanol–water partition coefficient (Wildman–Crippen LogP) is 0.836. The molecule has 0 bridgehead atoms. The normalized spacial score (nSPS) is 12.2. The summed E-state index contributed by atoms with van der Waals surface area (Å²) < 4.78 is 23.5. The zero-order chi connectivity index (χ0) is 12.8. The van der Waals surface area contributed by atoms with Gasteiger partial charge < -0.3 is 25.6 Å². The van der Waals surface area contributed by atoms with E-state index in [1.165, 1.54) is 26.4 Å². The number of ether oxygens (including phenoxy) is 2. The molecule has 0 radical (unpaired) electrons. The quantitative estimate of drug-likeness (QED) is 0.646. The minimum atomic E-state index is -0.502. The monoisotopic (exact) mass is 244 g/mol. The summed E-state index contributed by atoms with van der Waals surface area (Å²) in [6, 6.07) is 2.23. The molecule has 0 heterocycles. The first kappa shape index (κ1) is 13.5. The first-order valence-electron chi connectivity index (χ1n) is 5.11. The van der Waals surface area contributed by atoms with Gasteiger partial charge in [0.1, 0.15) is 11.6 Å². The Bertz CT molecular complexity index is 374. The van der Waals surface area contributed by atoms with E-state index in [4.69, 9.17) is 20.3 Å². The van der Waals surface area contributed by atoms with Crippen LogP contribution in [0.25, 0.3) is 0 Å². The van der Waals surface area contributed by atoms with Crippen molar-refractivity contribution in [1.29, 1.82) is 0 Å². The highest BCUT2D eigenvalue weighted by atomic mass is 19.1. The van der Waals surface area contributed by atoms with E-state index in [1.807, 2.05) is 0 Å². The topological polar surface area (TPSA) is 76.7 Å². The molecule has 6 heteroatoms. The van der Waals surface area contributed by atoms with E-state index >= 15 is 0 Å². The Morgan fingerprint density at radius 1 is 1.47 bits per heavy atom. The van der Waals surface area contributed by atoms with E-state index < -0.39 is 5.82 Å². The highest BCUT2D eigenvalue weighted by Crippen LogP contribution is 2.28. The van der Waals surface area contributed by atoms with E-state index in [-0.39, 0.29) is 30.6 Å². The maximum atomic E-state index is 13.6. The summed E-state index contributed by atoms with van der Waals surface area (Å²) in [6.45, 7) is 0.0998. The van der Waals surface area contributed by atoms with E-state index in [9.17, 15) is 4.39 Å². The van der Waals surface area contributed by atoms with Gasteiger partial charge >= 0.3 is 0 Å². The van der Waals surface area contributed by atoms with Crippen molar-refractivity contribution in [2.45, 2.75) is 6.04 Å². The van der Waals surface area contributed by atoms with Gasteiger partial charge in [-0.25, -0.2) is 4.39 Å². The third-order valence-electron chi connectivity index (χ3n) is 2.27. The average Bonchev–Trinajstić information content (AvgIpc) is 2.31. The Hall–Kier alpha value is -1.53. The number of nitrogens with two attached hydrogens (primary N) is 1. The molecular weight excluding hydrogens is 227 g/mol. The Morgan fingerprint density at radius 2 is 2.18 bits per heavy atom. The van der Waals surface area contributed by atoms with Gasteiger partial charge in [-0.1, -0.05) is 0 Å². The molecule has 1 aromatic carbocycles. The first-order valence-corrected chi connectivity index (χ1v) is 5.11. The molecule has 4 N–H and O–H groups in total. The van der Waals surface area contributed by atoms with E-state index in [1.54, 1.807) is 0 Å². The van der Waals surface area contributed by atoms with Crippen LogP contribution in [0.2, 0.25) is 0 Å². The lowest BCUT2D eigenvalue weighted by molar-refractivity contribution is 0.153. The average molecular weight is 244 g/mol. The second-order valence-corrected chi connectivity index (χ2v) is 3.55. The van der Waals surface area contributed by atoms with Crippen LogP contribution in [0.15, 0.2) is 12.1 Å². The summed E-state index contributed by atoms with van der Waals surface area (Å²) >= 11 is 0. The Balaban J connectivity index is 2.89. The molecule has 0 aliphatic rings. The Labute approximate surface area is 99.3 Å². The van der Waals surface area contributed by atoms with E-state index in [0.29, 0.717) is 5.75 Å². The maximum absolute atomic E-state index is 13.6. The van der Waals surface area contributed by atoms with Crippen molar-refractivity contribution in [2.24, 2.45) is 0 Å². The highest BCUT2D eigenvalue weighted by Gasteiger charge is 2.12. The van der Waals surface area contributed by atoms with Gasteiger partial charge in [-0.05, 0) is 0 Å². The van der Waals surface area contributed by atoms with Gasteiger partial charge in [0.2, 0.25) is 0 Å². The van der Waals surface area contributed by atoms with Gasteiger partial charge in [-0.15, -0.1) is 0 Å². The van der Waals surface area contributed by atoms with Gasteiger partial charge in [0, 0.05) is 19.2 Å². The van der Waals surface area contributed by atoms with Crippen molar-refractivity contribution >= 4 is 11.4 Å². The molecule has 0 saturated heterocycles. The fourth-order valence-corrected chi connectivity index (χ4v) is 1.42. The molecular formula is C11H17FN2O3. The number of anilines is 2. The number of aliphatic hydroxyl groups excluding tert-OH is 1. The van der Waals surface area contributed by atoms with Gasteiger partial charge in [-0.3, -0.25) is 0 Å². The molecule has 0 spiro atoms. The predicted molar refractivity (Wildman–Crippen MR) is 63.7 cm³/mol. The largest absolute Gasteiger partial charge is 0.495 e. The molecule has 0 amide bonds. The molecule has 17 heavy (non-hydrogen) atoms. The zero-order valence-corrected chi connectivity index (χ0v) is 9.87. The van der Waals surface area contributed by atoms with Crippen molar-refractivity contribution in [2.75, 3.05) is 38.5 Å². The van der Waals surface area contributed by atoms with Crippen molar-refractivity contribution < 1.29 is 19.0 Å². The molecule has 1 aromatic rings. The number of nitrogens with one attached hydrogen (secondary N) is 1. The van der Waals surface area contributed by atoms with Gasteiger partial charge in [0.25, 0.3) is 0 Å². The van der Waals surface area contributed by atoms with Crippen molar-refractivity contribution in [3.05, 3.63) is 17.9 Å². The number of nitrogen functional groups attached to an aromatic ring is 1. The Kier molecular flexibility index (Phi) is 4.99. The zero-order valence-electron chi connectivity index (χ0n) is 9.87. The van der Waals surface area contributed by atoms with Crippen LogP contribution in [0.5, 0.6) is 5.75 Å². The molecule has 0 aliphatic carbocycles. The number of benzene rings is 1. The third kappa shape index (κ3) is 3.47. The number of rotatable bonds is 6. The lowest BCUT2D eigenvalue weighted by atomic mass is 10.2. The van der Waals surface area contributed by atoms with Crippen LogP contribution < -0.4 is 15.8 Å². The summed E-state index contributed by atoms with van der Waals surface area (Å²) in [5.74, 6) is -0.124. The summed E-state index contributed by atoms with van der Waals surface area (Å²) in [5, 5.41) is 11.9. The summed E-state index contributed by atoms with van der Waals surface area (Å²) in [4.78, 5) is 0. The van der Waals surface area contributed by atoms with Gasteiger partial charge in [-0.2, -0.15) is 0 Å². The number of aliphatic hydroxyl groups is 1. The third-order valence-corrected chi connectivity index (χ3v) is 2.27. The lowest BCUT2D eigenvalue weighted by Gasteiger charge is -2.18. The van der Waals surface area contributed by atoms with Crippen LogP contribution >= 0.6 is 0 Å². The highest BCUT2D eigenvalue weighted by molar-refractivity contribution is 5.62. The summed E-state index contributed by atoms with van der Waals surface area (Å²) in [6.07, 6.45) is 0. The molecule has 1 unspecified atom stereocenters. The second-order valence-electron chi connectivity index (χ2n) is 3.55. The molecule has 0 aliphatic heterocycles. The Morgan fingerprint density at radius 3 is 2.71 bits per heavy atom. The van der Waals surface area contributed by atoms with Crippen LogP contribution in [0.3, 0.4) is 0 Å².